The van der Waals surface area contributed by atoms with Crippen molar-refractivity contribution in [3.05, 3.63) is 6.92 Å². The molecule has 0 rings (SSSR count). The van der Waals surface area contributed by atoms with E-state index < -0.39 is 6.29 Å². The molecule has 0 fully saturated rings. The maximum atomic E-state index is 10.9. The second-order valence-corrected chi connectivity index (χ2v) is 15.2. The SMILES string of the molecule is [CH2-]CCCN(CCCCOCC(CCCCCC)CCCCCCCC)CCCCOC(O)C(CCCCCC)CCCCCCCC.[Mo]. The Morgan fingerprint density at radius 2 is 0.898 bits per heavy atom. The van der Waals surface area contributed by atoms with Gasteiger partial charge >= 0.3 is 0 Å². The molecule has 0 aliphatic heterocycles. The number of nitrogens with zero attached hydrogens (tertiary/aromatic N) is 1. The fourth-order valence-electron chi connectivity index (χ4n) is 7.07. The minimum atomic E-state index is -0.591. The van der Waals surface area contributed by atoms with E-state index in [-0.39, 0.29) is 21.1 Å². The molecule has 0 saturated carbocycles. The van der Waals surface area contributed by atoms with Crippen molar-refractivity contribution in [1.29, 1.82) is 0 Å². The van der Waals surface area contributed by atoms with Crippen LogP contribution in [0.1, 0.15) is 220 Å². The van der Waals surface area contributed by atoms with Crippen LogP contribution in [0.3, 0.4) is 0 Å². The largest absolute Gasteiger partial charge is 0.381 e. The van der Waals surface area contributed by atoms with Gasteiger partial charge in [0.15, 0.2) is 6.29 Å². The van der Waals surface area contributed by atoms with Gasteiger partial charge in [0.2, 0.25) is 0 Å². The van der Waals surface area contributed by atoms with Crippen LogP contribution in [-0.4, -0.2) is 55.8 Å². The number of aliphatic hydroxyl groups excluding tert-OH is 1. The van der Waals surface area contributed by atoms with Crippen molar-refractivity contribution in [2.45, 2.75) is 227 Å². The Morgan fingerprint density at radius 1 is 0.490 bits per heavy atom. The quantitative estimate of drug-likeness (QED) is 0.0291. The Morgan fingerprint density at radius 3 is 1.39 bits per heavy atom. The smallest absolute Gasteiger partial charge is 0.157 e. The minimum Gasteiger partial charge on any atom is -0.381 e. The molecule has 296 valence electrons. The first kappa shape index (κ1) is 51.6. The van der Waals surface area contributed by atoms with Gasteiger partial charge in [-0.05, 0) is 76.9 Å². The predicted octanol–water partition coefficient (Wildman–Crippen LogP) is 13.5. The predicted molar refractivity (Wildman–Crippen MR) is 213 cm³/mol. The molecule has 3 unspecified atom stereocenters. The van der Waals surface area contributed by atoms with Gasteiger partial charge in [-0.3, -0.25) is 0 Å². The summed E-state index contributed by atoms with van der Waals surface area (Å²) in [5, 5.41) is 10.9. The average Bonchev–Trinajstić information content (AvgIpc) is 3.09. The van der Waals surface area contributed by atoms with Gasteiger partial charge in [0.1, 0.15) is 0 Å². The minimum absolute atomic E-state index is 0. The number of hydrogen-bond acceptors (Lipinski definition) is 4. The first-order valence-electron chi connectivity index (χ1n) is 22.0. The Labute approximate surface area is 324 Å². The summed E-state index contributed by atoms with van der Waals surface area (Å²) >= 11 is 0. The van der Waals surface area contributed by atoms with Gasteiger partial charge in [0.25, 0.3) is 0 Å². The molecule has 0 aromatic rings. The summed E-state index contributed by atoms with van der Waals surface area (Å²) in [6, 6.07) is 0. The summed E-state index contributed by atoms with van der Waals surface area (Å²) in [6.07, 6.45) is 37.8. The van der Waals surface area contributed by atoms with E-state index in [4.69, 9.17) is 9.47 Å². The van der Waals surface area contributed by atoms with E-state index >= 15 is 0 Å². The molecule has 0 aromatic heterocycles. The molecule has 5 heteroatoms. The second-order valence-electron chi connectivity index (χ2n) is 15.2. The second kappa shape index (κ2) is 42.9. The van der Waals surface area contributed by atoms with E-state index in [0.29, 0.717) is 12.5 Å². The first-order valence-corrected chi connectivity index (χ1v) is 22.0. The number of aliphatic hydroxyl groups is 1. The van der Waals surface area contributed by atoms with Crippen molar-refractivity contribution in [3.8, 4) is 0 Å². The van der Waals surface area contributed by atoms with Crippen LogP contribution in [0.4, 0.5) is 0 Å². The van der Waals surface area contributed by atoms with E-state index in [1.165, 1.54) is 154 Å². The summed E-state index contributed by atoms with van der Waals surface area (Å²) in [6.45, 7) is 19.2. The van der Waals surface area contributed by atoms with Crippen LogP contribution in [0.15, 0.2) is 0 Å². The molecular weight excluding hydrogens is 686 g/mol. The van der Waals surface area contributed by atoms with E-state index in [1.54, 1.807) is 0 Å². The molecule has 0 amide bonds. The van der Waals surface area contributed by atoms with E-state index in [0.717, 1.165) is 77.3 Å². The molecule has 4 nitrogen and oxygen atoms in total. The van der Waals surface area contributed by atoms with Gasteiger partial charge in [-0.15, -0.1) is 0 Å². The maximum Gasteiger partial charge on any atom is 0.157 e. The topological polar surface area (TPSA) is 41.9 Å². The van der Waals surface area contributed by atoms with Crippen molar-refractivity contribution >= 4 is 0 Å². The summed E-state index contributed by atoms with van der Waals surface area (Å²) in [5.41, 5.74) is 0. The van der Waals surface area contributed by atoms with Crippen molar-refractivity contribution < 1.29 is 35.6 Å². The molecule has 0 saturated heterocycles. The van der Waals surface area contributed by atoms with Gasteiger partial charge in [-0.25, -0.2) is 0 Å². The fraction of sp³-hybridized carbons (Fsp3) is 0.977. The van der Waals surface area contributed by atoms with Gasteiger partial charge in [-0.1, -0.05) is 163 Å². The number of unbranched alkanes of at least 4 members (excludes halogenated alkanes) is 19. The van der Waals surface area contributed by atoms with Crippen LogP contribution in [0.2, 0.25) is 0 Å². The van der Waals surface area contributed by atoms with Crippen molar-refractivity contribution in [3.63, 3.8) is 0 Å². The Kier molecular flexibility index (Phi) is 45.2. The monoisotopic (exact) mass is 779 g/mol. The molecule has 0 radical (unpaired) electrons. The Bertz CT molecular complexity index is 595. The molecule has 3 atom stereocenters. The first-order chi connectivity index (χ1) is 23.6. The molecule has 0 bridgehead atoms. The van der Waals surface area contributed by atoms with Gasteiger partial charge in [-0.2, -0.15) is 6.42 Å². The molecule has 49 heavy (non-hydrogen) atoms. The van der Waals surface area contributed by atoms with E-state index in [2.05, 4.69) is 39.5 Å². The van der Waals surface area contributed by atoms with Gasteiger partial charge in [0, 0.05) is 46.8 Å². The van der Waals surface area contributed by atoms with E-state index in [1.807, 2.05) is 0 Å². The summed E-state index contributed by atoms with van der Waals surface area (Å²) < 4.78 is 12.3. The zero-order valence-corrected chi connectivity index (χ0v) is 36.0. The summed E-state index contributed by atoms with van der Waals surface area (Å²) in [7, 11) is 0. The number of rotatable bonds is 41. The van der Waals surface area contributed by atoms with Crippen LogP contribution >= 0.6 is 0 Å². The van der Waals surface area contributed by atoms with Crippen molar-refractivity contribution in [1.82, 2.24) is 4.90 Å². The molecule has 0 aliphatic rings. The molecule has 1 N–H and O–H groups in total. The fourth-order valence-corrected chi connectivity index (χ4v) is 7.07. The van der Waals surface area contributed by atoms with Crippen LogP contribution in [0.25, 0.3) is 0 Å². The molecule has 0 aromatic carbocycles. The molecule has 0 aliphatic carbocycles. The van der Waals surface area contributed by atoms with Crippen LogP contribution in [-0.2, 0) is 30.5 Å². The van der Waals surface area contributed by atoms with Crippen LogP contribution in [0, 0.1) is 18.8 Å². The number of ether oxygens (including phenoxy) is 2. The summed E-state index contributed by atoms with van der Waals surface area (Å²) in [4.78, 5) is 2.63. The zero-order valence-electron chi connectivity index (χ0n) is 34.0. The Hall–Kier alpha value is 0.528. The molecule has 0 spiro atoms. The third-order valence-electron chi connectivity index (χ3n) is 10.4. The zero-order chi connectivity index (χ0) is 35.2. The third-order valence-corrected chi connectivity index (χ3v) is 10.4. The van der Waals surface area contributed by atoms with E-state index in [9.17, 15) is 5.11 Å². The van der Waals surface area contributed by atoms with Crippen LogP contribution in [0.5, 0.6) is 0 Å². The Balaban J connectivity index is 0. The molecular formula is C44H90MoNO3-. The maximum absolute atomic E-state index is 10.9. The summed E-state index contributed by atoms with van der Waals surface area (Å²) in [5.74, 6) is 1.06. The van der Waals surface area contributed by atoms with Crippen LogP contribution < -0.4 is 0 Å². The molecule has 0 heterocycles. The average molecular weight is 777 g/mol. The third kappa shape index (κ3) is 36.7. The van der Waals surface area contributed by atoms with Crippen molar-refractivity contribution in [2.24, 2.45) is 11.8 Å². The van der Waals surface area contributed by atoms with Gasteiger partial charge < -0.3 is 26.4 Å². The van der Waals surface area contributed by atoms with Gasteiger partial charge in [0.05, 0.1) is 0 Å². The number of hydrogen-bond donors (Lipinski definition) is 1. The standard InChI is InChI=1S/C44H90NO3.Mo/c1-6-11-16-20-22-25-33-42(32-24-18-13-8-3)41-47-39-30-28-37-45(36-15-10-5)38-29-31-40-48-44(46)43(34-26-19-14-9-4)35-27-23-21-17-12-7-2;/h42-44,46H,5-41H2,1-4H3;/q-1;. The van der Waals surface area contributed by atoms with Crippen molar-refractivity contribution in [2.75, 3.05) is 39.5 Å². The normalized spacial score (nSPS) is 13.5.